The Morgan fingerprint density at radius 1 is 1.14 bits per heavy atom. The van der Waals surface area contributed by atoms with E-state index in [9.17, 15) is 4.79 Å². The van der Waals surface area contributed by atoms with Crippen molar-refractivity contribution in [3.8, 4) is 5.75 Å². The monoisotopic (exact) mass is 412 g/mol. The molecule has 1 aromatic heterocycles. The minimum absolute atomic E-state index is 0.125. The van der Waals surface area contributed by atoms with Crippen LogP contribution in [-0.2, 0) is 11.2 Å². The summed E-state index contributed by atoms with van der Waals surface area (Å²) in [6.07, 6.45) is 2.16. The number of anilines is 1. The van der Waals surface area contributed by atoms with Gasteiger partial charge in [0.05, 0.1) is 31.9 Å². The topological polar surface area (TPSA) is 46.9 Å². The van der Waals surface area contributed by atoms with E-state index in [2.05, 4.69) is 26.2 Å². The molecule has 0 unspecified atom stereocenters. The number of hydrogen-bond acceptors (Lipinski definition) is 4. The molecule has 0 saturated carbocycles. The fourth-order valence-electron chi connectivity index (χ4n) is 3.25. The molecule has 3 rings (SSSR count). The first-order valence-corrected chi connectivity index (χ1v) is 11.1. The van der Waals surface area contributed by atoms with Crippen molar-refractivity contribution in [2.45, 2.75) is 26.2 Å². The molecule has 6 heteroatoms. The standard InChI is InChI=1S/C23H29N3O2S/c1-4-28-19-12-8-13-20-22(19)24-23(29-20)26(17-9-16-25(2)3)21(27)15-14-18-10-6-5-7-11-18/h5-8,10-13H,4,9,14-17H2,1-3H3/p+1. The molecule has 1 N–H and O–H groups in total. The van der Waals surface area contributed by atoms with Crippen molar-refractivity contribution in [3.63, 3.8) is 0 Å². The van der Waals surface area contributed by atoms with Crippen LogP contribution < -0.4 is 14.5 Å². The Kier molecular flexibility index (Phi) is 7.61. The molecule has 0 saturated heterocycles. The zero-order valence-corrected chi connectivity index (χ0v) is 18.3. The van der Waals surface area contributed by atoms with Crippen molar-refractivity contribution in [2.75, 3.05) is 38.7 Å². The number of nitrogens with zero attached hydrogens (tertiary/aromatic N) is 2. The Hall–Kier alpha value is -2.44. The highest BCUT2D eigenvalue weighted by Gasteiger charge is 2.21. The second kappa shape index (κ2) is 10.4. The van der Waals surface area contributed by atoms with Gasteiger partial charge in [0.1, 0.15) is 11.3 Å². The number of carbonyl (C=O) groups excluding carboxylic acids is 1. The third-order valence-corrected chi connectivity index (χ3v) is 5.77. The smallest absolute Gasteiger partial charge is 0.229 e. The summed E-state index contributed by atoms with van der Waals surface area (Å²) in [6.45, 7) is 4.26. The van der Waals surface area contributed by atoms with E-state index in [0.717, 1.165) is 40.5 Å². The van der Waals surface area contributed by atoms with E-state index in [0.29, 0.717) is 19.6 Å². The lowest BCUT2D eigenvalue weighted by atomic mass is 10.1. The number of hydrogen-bond donors (Lipinski definition) is 1. The summed E-state index contributed by atoms with van der Waals surface area (Å²) in [5.74, 6) is 0.904. The number of quaternary nitrogens is 1. The number of carbonyl (C=O) groups is 1. The summed E-state index contributed by atoms with van der Waals surface area (Å²) in [5.41, 5.74) is 2.02. The van der Waals surface area contributed by atoms with Crippen LogP contribution in [0.2, 0.25) is 0 Å². The molecule has 0 bridgehead atoms. The number of thiazole rings is 1. The Labute approximate surface area is 176 Å². The summed E-state index contributed by atoms with van der Waals surface area (Å²) in [6, 6.07) is 16.1. The average Bonchev–Trinajstić information content (AvgIpc) is 3.15. The van der Waals surface area contributed by atoms with Gasteiger partial charge >= 0.3 is 0 Å². The van der Waals surface area contributed by atoms with Gasteiger partial charge in [-0.25, -0.2) is 4.98 Å². The maximum absolute atomic E-state index is 13.1. The molecule has 5 nitrogen and oxygen atoms in total. The quantitative estimate of drug-likeness (QED) is 0.556. The van der Waals surface area contributed by atoms with Crippen LogP contribution in [0, 0.1) is 0 Å². The van der Waals surface area contributed by atoms with E-state index in [1.54, 1.807) is 11.3 Å². The maximum Gasteiger partial charge on any atom is 0.229 e. The van der Waals surface area contributed by atoms with Gasteiger partial charge in [0.25, 0.3) is 0 Å². The molecule has 1 heterocycles. The molecule has 0 radical (unpaired) electrons. The fourth-order valence-corrected chi connectivity index (χ4v) is 4.27. The summed E-state index contributed by atoms with van der Waals surface area (Å²) < 4.78 is 6.77. The largest absolute Gasteiger partial charge is 0.492 e. The number of aromatic nitrogens is 1. The van der Waals surface area contributed by atoms with Crippen LogP contribution in [0.1, 0.15) is 25.3 Å². The molecule has 29 heavy (non-hydrogen) atoms. The zero-order chi connectivity index (χ0) is 20.6. The van der Waals surface area contributed by atoms with E-state index in [1.807, 2.05) is 48.2 Å². The van der Waals surface area contributed by atoms with Crippen LogP contribution >= 0.6 is 11.3 Å². The van der Waals surface area contributed by atoms with Gasteiger partial charge in [-0.05, 0) is 31.0 Å². The van der Waals surface area contributed by atoms with Gasteiger partial charge in [-0.2, -0.15) is 0 Å². The first-order chi connectivity index (χ1) is 14.1. The predicted octanol–water partition coefficient (Wildman–Crippen LogP) is 3.20. The normalized spacial score (nSPS) is 11.2. The number of fused-ring (bicyclic) bond motifs is 1. The molecule has 0 aliphatic heterocycles. The van der Waals surface area contributed by atoms with E-state index in [1.165, 1.54) is 10.5 Å². The highest BCUT2D eigenvalue weighted by atomic mass is 32.1. The molecule has 2 aromatic carbocycles. The fraction of sp³-hybridized carbons (Fsp3) is 0.391. The van der Waals surface area contributed by atoms with Crippen LogP contribution in [0.3, 0.4) is 0 Å². The van der Waals surface area contributed by atoms with Crippen LogP contribution in [0.4, 0.5) is 5.13 Å². The molecule has 0 spiro atoms. The van der Waals surface area contributed by atoms with Gasteiger partial charge in [0.15, 0.2) is 5.13 Å². The number of benzene rings is 2. The minimum Gasteiger partial charge on any atom is -0.492 e. The second-order valence-corrected chi connectivity index (χ2v) is 8.38. The number of nitrogens with one attached hydrogen (secondary N) is 1. The lowest BCUT2D eigenvalue weighted by Crippen LogP contribution is -3.05. The number of ether oxygens (including phenoxy) is 1. The van der Waals surface area contributed by atoms with Crippen LogP contribution in [0.15, 0.2) is 48.5 Å². The summed E-state index contributed by atoms with van der Waals surface area (Å²) in [4.78, 5) is 21.2. The molecular weight excluding hydrogens is 382 g/mol. The molecule has 3 aromatic rings. The maximum atomic E-state index is 13.1. The van der Waals surface area contributed by atoms with Crippen LogP contribution in [0.25, 0.3) is 10.2 Å². The lowest BCUT2D eigenvalue weighted by Gasteiger charge is -2.20. The van der Waals surface area contributed by atoms with Crippen molar-refractivity contribution in [3.05, 3.63) is 54.1 Å². The van der Waals surface area contributed by atoms with Crippen molar-refractivity contribution in [1.29, 1.82) is 0 Å². The summed E-state index contributed by atoms with van der Waals surface area (Å²) in [7, 11) is 4.27. The van der Waals surface area contributed by atoms with Crippen molar-refractivity contribution in [1.82, 2.24) is 4.98 Å². The third-order valence-electron chi connectivity index (χ3n) is 4.73. The van der Waals surface area contributed by atoms with Crippen LogP contribution in [0.5, 0.6) is 5.75 Å². The number of aryl methyl sites for hydroxylation is 1. The van der Waals surface area contributed by atoms with E-state index in [-0.39, 0.29) is 5.91 Å². The van der Waals surface area contributed by atoms with Gasteiger partial charge in [-0.3, -0.25) is 9.69 Å². The summed E-state index contributed by atoms with van der Waals surface area (Å²) in [5, 5.41) is 0.763. The lowest BCUT2D eigenvalue weighted by molar-refractivity contribution is -0.858. The van der Waals surface area contributed by atoms with E-state index < -0.39 is 0 Å². The Morgan fingerprint density at radius 2 is 1.93 bits per heavy atom. The Morgan fingerprint density at radius 3 is 2.66 bits per heavy atom. The van der Waals surface area contributed by atoms with Gasteiger partial charge in [0.2, 0.25) is 5.91 Å². The molecule has 0 atom stereocenters. The Bertz CT molecular complexity index is 924. The van der Waals surface area contributed by atoms with Crippen molar-refractivity contribution in [2.24, 2.45) is 0 Å². The van der Waals surface area contributed by atoms with Gasteiger partial charge in [0, 0.05) is 19.4 Å². The highest BCUT2D eigenvalue weighted by Crippen LogP contribution is 2.34. The molecule has 0 aliphatic rings. The SMILES string of the molecule is CCOc1cccc2sc(N(CCC[NH+](C)C)C(=O)CCc3ccccc3)nc12. The molecule has 1 amide bonds. The predicted molar refractivity (Wildman–Crippen MR) is 120 cm³/mol. The number of amides is 1. The second-order valence-electron chi connectivity index (χ2n) is 7.37. The van der Waals surface area contributed by atoms with Crippen LogP contribution in [-0.4, -0.2) is 44.7 Å². The van der Waals surface area contributed by atoms with Gasteiger partial charge in [-0.1, -0.05) is 47.7 Å². The molecule has 154 valence electrons. The average molecular weight is 413 g/mol. The number of para-hydroxylation sites is 1. The molecule has 0 fully saturated rings. The number of rotatable bonds is 10. The zero-order valence-electron chi connectivity index (χ0n) is 17.5. The van der Waals surface area contributed by atoms with Gasteiger partial charge < -0.3 is 9.64 Å². The third kappa shape index (κ3) is 5.78. The highest BCUT2D eigenvalue weighted by molar-refractivity contribution is 7.22. The van der Waals surface area contributed by atoms with Crippen molar-refractivity contribution < 1.29 is 14.4 Å². The van der Waals surface area contributed by atoms with E-state index in [4.69, 9.17) is 9.72 Å². The first kappa shape index (κ1) is 21.3. The Balaban J connectivity index is 1.81. The molecular formula is C23H30N3O2S+. The molecule has 0 aliphatic carbocycles. The minimum atomic E-state index is 0.125. The first-order valence-electron chi connectivity index (χ1n) is 10.2. The van der Waals surface area contributed by atoms with E-state index >= 15 is 0 Å². The van der Waals surface area contributed by atoms with Crippen molar-refractivity contribution >= 4 is 32.6 Å². The van der Waals surface area contributed by atoms with Gasteiger partial charge in [-0.15, -0.1) is 0 Å². The summed E-state index contributed by atoms with van der Waals surface area (Å²) >= 11 is 1.56.